The number of oxime groups is 1. The highest BCUT2D eigenvalue weighted by atomic mass is 16.6. The van der Waals surface area contributed by atoms with Crippen LogP contribution in [0.25, 0.3) is 10.9 Å². The van der Waals surface area contributed by atoms with Gasteiger partial charge in [-0.05, 0) is 18.6 Å². The SMILES string of the molecule is O=C(CCCO/N=C1/C(c2c(O)[nH]c3ccccc23)=Nc2ccccc21)NO. The molecule has 0 saturated carbocycles. The summed E-state index contributed by atoms with van der Waals surface area (Å²) in [4.78, 5) is 24.1. The molecule has 0 unspecified atom stereocenters. The van der Waals surface area contributed by atoms with Gasteiger partial charge >= 0.3 is 0 Å². The van der Waals surface area contributed by atoms with Crippen LogP contribution >= 0.6 is 0 Å². The van der Waals surface area contributed by atoms with Crippen LogP contribution in [0.4, 0.5) is 5.69 Å². The Labute approximate surface area is 160 Å². The number of benzene rings is 2. The Balaban J connectivity index is 1.67. The number of aromatic nitrogens is 1. The third kappa shape index (κ3) is 3.21. The number of hydrogen-bond donors (Lipinski definition) is 4. The smallest absolute Gasteiger partial charge is 0.243 e. The van der Waals surface area contributed by atoms with Crippen molar-refractivity contribution >= 4 is 33.9 Å². The van der Waals surface area contributed by atoms with Gasteiger partial charge in [0.2, 0.25) is 5.91 Å². The quantitative estimate of drug-likeness (QED) is 0.299. The lowest BCUT2D eigenvalue weighted by molar-refractivity contribution is -0.129. The number of nitrogens with one attached hydrogen (secondary N) is 2. The second-order valence-corrected chi connectivity index (χ2v) is 6.28. The zero-order chi connectivity index (χ0) is 19.5. The first-order chi connectivity index (χ1) is 13.7. The van der Waals surface area contributed by atoms with Crippen molar-refractivity contribution in [1.29, 1.82) is 0 Å². The molecule has 4 rings (SSSR count). The first-order valence-electron chi connectivity index (χ1n) is 8.80. The van der Waals surface area contributed by atoms with Gasteiger partial charge in [0.1, 0.15) is 18.0 Å². The molecule has 1 aromatic heterocycles. The molecule has 0 bridgehead atoms. The van der Waals surface area contributed by atoms with Crippen LogP contribution in [-0.2, 0) is 9.63 Å². The van der Waals surface area contributed by atoms with Crippen molar-refractivity contribution in [3.8, 4) is 5.88 Å². The number of aromatic amines is 1. The van der Waals surface area contributed by atoms with Crippen LogP contribution in [-0.4, -0.2) is 39.2 Å². The van der Waals surface area contributed by atoms with E-state index in [1.165, 1.54) is 0 Å². The Kier molecular flexibility index (Phi) is 4.77. The van der Waals surface area contributed by atoms with E-state index in [0.717, 1.165) is 22.2 Å². The van der Waals surface area contributed by atoms with Crippen molar-refractivity contribution in [2.24, 2.45) is 10.1 Å². The van der Waals surface area contributed by atoms with E-state index in [0.29, 0.717) is 23.4 Å². The van der Waals surface area contributed by atoms with E-state index in [-0.39, 0.29) is 18.9 Å². The molecule has 8 heteroatoms. The predicted octanol–water partition coefficient (Wildman–Crippen LogP) is 3.01. The normalized spacial score (nSPS) is 14.2. The second-order valence-electron chi connectivity index (χ2n) is 6.28. The van der Waals surface area contributed by atoms with Crippen LogP contribution < -0.4 is 5.48 Å². The third-order valence-corrected chi connectivity index (χ3v) is 4.46. The van der Waals surface area contributed by atoms with Crippen molar-refractivity contribution < 1.29 is 19.9 Å². The van der Waals surface area contributed by atoms with Gasteiger partial charge in [-0.25, -0.2) is 10.5 Å². The molecule has 0 aliphatic carbocycles. The highest BCUT2D eigenvalue weighted by Crippen LogP contribution is 2.35. The summed E-state index contributed by atoms with van der Waals surface area (Å²) in [6.07, 6.45) is 0.526. The summed E-state index contributed by atoms with van der Waals surface area (Å²) < 4.78 is 0. The fourth-order valence-electron chi connectivity index (χ4n) is 3.17. The molecule has 0 radical (unpaired) electrons. The molecule has 1 amide bonds. The lowest BCUT2D eigenvalue weighted by Gasteiger charge is -2.05. The molecule has 0 spiro atoms. The summed E-state index contributed by atoms with van der Waals surface area (Å²) in [7, 11) is 0. The maximum atomic E-state index is 11.1. The molecule has 4 N–H and O–H groups in total. The number of hydroxylamine groups is 1. The molecule has 8 nitrogen and oxygen atoms in total. The van der Waals surface area contributed by atoms with Gasteiger partial charge in [0.05, 0.1) is 11.3 Å². The number of carbonyl (C=O) groups excluding carboxylic acids is 1. The number of amides is 1. The van der Waals surface area contributed by atoms with Gasteiger partial charge in [0.25, 0.3) is 0 Å². The van der Waals surface area contributed by atoms with E-state index in [1.807, 2.05) is 48.5 Å². The van der Waals surface area contributed by atoms with E-state index >= 15 is 0 Å². The first kappa shape index (κ1) is 17.7. The Morgan fingerprint density at radius 1 is 1.18 bits per heavy atom. The van der Waals surface area contributed by atoms with Gasteiger partial charge in [-0.2, -0.15) is 0 Å². The topological polar surface area (TPSA) is 119 Å². The van der Waals surface area contributed by atoms with Gasteiger partial charge in [-0.1, -0.05) is 41.6 Å². The first-order valence-corrected chi connectivity index (χ1v) is 8.80. The van der Waals surface area contributed by atoms with E-state index in [1.54, 1.807) is 5.48 Å². The molecule has 1 aliphatic rings. The van der Waals surface area contributed by atoms with Crippen molar-refractivity contribution in [1.82, 2.24) is 10.5 Å². The number of nitrogens with zero attached hydrogens (tertiary/aromatic N) is 2. The van der Waals surface area contributed by atoms with E-state index in [4.69, 9.17) is 10.0 Å². The number of fused-ring (bicyclic) bond motifs is 2. The van der Waals surface area contributed by atoms with Crippen LogP contribution in [0.15, 0.2) is 58.7 Å². The summed E-state index contributed by atoms with van der Waals surface area (Å²) in [5.41, 5.74) is 5.51. The number of carbonyl (C=O) groups is 1. The Morgan fingerprint density at radius 3 is 2.82 bits per heavy atom. The summed E-state index contributed by atoms with van der Waals surface area (Å²) in [5, 5.41) is 24.1. The zero-order valence-electron chi connectivity index (χ0n) is 14.8. The van der Waals surface area contributed by atoms with Crippen LogP contribution in [0, 0.1) is 0 Å². The average molecular weight is 378 g/mol. The second kappa shape index (κ2) is 7.53. The number of aromatic hydroxyl groups is 1. The summed E-state index contributed by atoms with van der Waals surface area (Å²) >= 11 is 0. The number of aliphatic imine (C=N–C) groups is 1. The Bertz CT molecular complexity index is 1100. The minimum Gasteiger partial charge on any atom is -0.494 e. The lowest BCUT2D eigenvalue weighted by Crippen LogP contribution is -2.18. The summed E-state index contributed by atoms with van der Waals surface area (Å²) in [6, 6.07) is 15.1. The molecule has 28 heavy (non-hydrogen) atoms. The monoisotopic (exact) mass is 378 g/mol. The van der Waals surface area contributed by atoms with Crippen LogP contribution in [0.2, 0.25) is 0 Å². The summed E-state index contributed by atoms with van der Waals surface area (Å²) in [5.74, 6) is -0.464. The van der Waals surface area contributed by atoms with Gasteiger partial charge in [-0.15, -0.1) is 0 Å². The summed E-state index contributed by atoms with van der Waals surface area (Å²) in [6.45, 7) is 0.201. The van der Waals surface area contributed by atoms with Crippen LogP contribution in [0.1, 0.15) is 24.0 Å². The van der Waals surface area contributed by atoms with Crippen molar-refractivity contribution in [2.75, 3.05) is 6.61 Å². The Morgan fingerprint density at radius 2 is 1.96 bits per heavy atom. The standard InChI is InChI=1S/C20H18N4O4/c25-16(23-27)10-5-11-28-24-18-13-7-2-4-9-15(13)21-19(18)17-12-6-1-3-8-14(12)22-20(17)26/h1-4,6-9,22,26-27H,5,10-11H2,(H,23,25)/b24-18+. The highest BCUT2D eigenvalue weighted by Gasteiger charge is 2.29. The van der Waals surface area contributed by atoms with Crippen molar-refractivity contribution in [3.05, 3.63) is 59.7 Å². The largest absolute Gasteiger partial charge is 0.494 e. The van der Waals surface area contributed by atoms with E-state index in [2.05, 4.69) is 15.1 Å². The van der Waals surface area contributed by atoms with E-state index in [9.17, 15) is 9.90 Å². The van der Waals surface area contributed by atoms with Gasteiger partial charge < -0.3 is 14.9 Å². The van der Waals surface area contributed by atoms with Crippen LogP contribution in [0.5, 0.6) is 5.88 Å². The minimum absolute atomic E-state index is 0.0140. The van der Waals surface area contributed by atoms with Crippen molar-refractivity contribution in [3.63, 3.8) is 0 Å². The predicted molar refractivity (Wildman–Crippen MR) is 104 cm³/mol. The molecular formula is C20H18N4O4. The third-order valence-electron chi connectivity index (χ3n) is 4.46. The minimum atomic E-state index is -0.478. The maximum Gasteiger partial charge on any atom is 0.243 e. The molecule has 3 aromatic rings. The number of H-pyrrole nitrogens is 1. The Hall–Kier alpha value is -3.65. The number of para-hydroxylation sites is 2. The van der Waals surface area contributed by atoms with Gasteiger partial charge in [0, 0.05) is 22.9 Å². The fourth-order valence-corrected chi connectivity index (χ4v) is 3.17. The molecule has 1 aliphatic heterocycles. The molecular weight excluding hydrogens is 360 g/mol. The molecule has 0 atom stereocenters. The molecule has 2 aromatic carbocycles. The molecule has 0 fully saturated rings. The average Bonchev–Trinajstić information content (AvgIpc) is 3.23. The fraction of sp³-hybridized carbons (Fsp3) is 0.150. The van der Waals surface area contributed by atoms with Crippen molar-refractivity contribution in [2.45, 2.75) is 12.8 Å². The van der Waals surface area contributed by atoms with Crippen LogP contribution in [0.3, 0.4) is 0 Å². The maximum absolute atomic E-state index is 11.1. The van der Waals surface area contributed by atoms with Gasteiger partial charge in [-0.3, -0.25) is 10.0 Å². The molecule has 2 heterocycles. The number of rotatable bonds is 6. The molecule has 0 saturated heterocycles. The van der Waals surface area contributed by atoms with E-state index < -0.39 is 5.91 Å². The number of hydrogen-bond acceptors (Lipinski definition) is 6. The van der Waals surface area contributed by atoms with Gasteiger partial charge in [0.15, 0.2) is 5.88 Å². The highest BCUT2D eigenvalue weighted by molar-refractivity contribution is 6.58. The molecule has 142 valence electrons. The lowest BCUT2D eigenvalue weighted by atomic mass is 10.0. The zero-order valence-corrected chi connectivity index (χ0v) is 14.8.